The molecule has 0 saturated carbocycles. The summed E-state index contributed by atoms with van der Waals surface area (Å²) in [5.41, 5.74) is 2.73. The number of hydrogen-bond acceptors (Lipinski definition) is 7. The van der Waals surface area contributed by atoms with Crippen molar-refractivity contribution in [3.8, 4) is 11.5 Å². The summed E-state index contributed by atoms with van der Waals surface area (Å²) in [6, 6.07) is 9.61. The van der Waals surface area contributed by atoms with Gasteiger partial charge in [0, 0.05) is 32.0 Å². The number of nitrogens with one attached hydrogen (secondary N) is 1. The number of pyridine rings is 1. The number of amides is 1. The van der Waals surface area contributed by atoms with Gasteiger partial charge in [-0.3, -0.25) is 9.78 Å². The molecule has 0 unspecified atom stereocenters. The Morgan fingerprint density at radius 3 is 2.69 bits per heavy atom. The highest BCUT2D eigenvalue weighted by Crippen LogP contribution is 2.33. The maximum absolute atomic E-state index is 13.4. The predicted molar refractivity (Wildman–Crippen MR) is 111 cm³/mol. The minimum atomic E-state index is -0.0429. The highest BCUT2D eigenvalue weighted by molar-refractivity contribution is 7.17. The van der Waals surface area contributed by atoms with E-state index in [1.54, 1.807) is 12.4 Å². The topological polar surface area (TPSA) is 76.6 Å². The van der Waals surface area contributed by atoms with E-state index >= 15 is 0 Å². The first kappa shape index (κ1) is 19.2. The van der Waals surface area contributed by atoms with Gasteiger partial charge < -0.3 is 19.7 Å². The van der Waals surface area contributed by atoms with Crippen LogP contribution in [0.5, 0.6) is 11.5 Å². The van der Waals surface area contributed by atoms with Crippen LogP contribution >= 0.6 is 11.3 Å². The van der Waals surface area contributed by atoms with Gasteiger partial charge in [0.1, 0.15) is 4.88 Å². The predicted octanol–water partition coefficient (Wildman–Crippen LogP) is 3.85. The van der Waals surface area contributed by atoms with E-state index in [0.29, 0.717) is 23.7 Å². The number of rotatable bonds is 7. The molecular weight excluding hydrogens is 388 g/mol. The van der Waals surface area contributed by atoms with Gasteiger partial charge in [0.2, 0.25) is 6.79 Å². The van der Waals surface area contributed by atoms with Crippen molar-refractivity contribution in [1.29, 1.82) is 0 Å². The third-order valence-corrected chi connectivity index (χ3v) is 5.64. The van der Waals surface area contributed by atoms with Crippen molar-refractivity contribution in [2.45, 2.75) is 26.9 Å². The SMILES string of the molecule is CCNc1nc(C)c(C(=O)N(Cc2ccncc2)Cc2ccc3c(c2)OCO3)s1. The summed E-state index contributed by atoms with van der Waals surface area (Å²) in [5, 5.41) is 3.95. The Morgan fingerprint density at radius 2 is 1.90 bits per heavy atom. The fraction of sp³-hybridized carbons (Fsp3) is 0.286. The summed E-state index contributed by atoms with van der Waals surface area (Å²) in [5.74, 6) is 1.40. The van der Waals surface area contributed by atoms with E-state index < -0.39 is 0 Å². The summed E-state index contributed by atoms with van der Waals surface area (Å²) >= 11 is 1.39. The maximum Gasteiger partial charge on any atom is 0.266 e. The van der Waals surface area contributed by atoms with Gasteiger partial charge in [0.15, 0.2) is 16.6 Å². The number of hydrogen-bond donors (Lipinski definition) is 1. The van der Waals surface area contributed by atoms with Crippen molar-refractivity contribution < 1.29 is 14.3 Å². The van der Waals surface area contributed by atoms with Gasteiger partial charge in [-0.25, -0.2) is 4.98 Å². The molecule has 1 aliphatic rings. The summed E-state index contributed by atoms with van der Waals surface area (Å²) in [4.78, 5) is 24.4. The molecule has 7 nitrogen and oxygen atoms in total. The van der Waals surface area contributed by atoms with E-state index in [9.17, 15) is 4.79 Å². The van der Waals surface area contributed by atoms with Crippen LogP contribution in [0, 0.1) is 6.92 Å². The lowest BCUT2D eigenvalue weighted by Gasteiger charge is -2.23. The quantitative estimate of drug-likeness (QED) is 0.638. The standard InChI is InChI=1S/C21H22N4O3S/c1-3-23-21-24-14(2)19(29-21)20(26)25(11-15-6-8-22-9-7-15)12-16-4-5-17-18(10-16)28-13-27-17/h4-10H,3,11-13H2,1-2H3,(H,23,24). The number of thiazole rings is 1. The molecule has 1 amide bonds. The largest absolute Gasteiger partial charge is 0.454 e. The van der Waals surface area contributed by atoms with E-state index in [0.717, 1.165) is 34.2 Å². The number of benzene rings is 1. The highest BCUT2D eigenvalue weighted by atomic mass is 32.1. The van der Waals surface area contributed by atoms with E-state index in [-0.39, 0.29) is 12.7 Å². The molecule has 1 N–H and O–H groups in total. The second-order valence-corrected chi connectivity index (χ2v) is 7.67. The monoisotopic (exact) mass is 410 g/mol. The Balaban J connectivity index is 1.62. The molecule has 0 aliphatic carbocycles. The van der Waals surface area contributed by atoms with E-state index in [2.05, 4.69) is 15.3 Å². The van der Waals surface area contributed by atoms with Crippen molar-refractivity contribution in [2.24, 2.45) is 0 Å². The molecule has 150 valence electrons. The van der Waals surface area contributed by atoms with E-state index in [1.165, 1.54) is 11.3 Å². The average molecular weight is 410 g/mol. The maximum atomic E-state index is 13.4. The zero-order chi connectivity index (χ0) is 20.2. The summed E-state index contributed by atoms with van der Waals surface area (Å²) in [7, 11) is 0. The normalized spacial score (nSPS) is 12.1. The number of anilines is 1. The fourth-order valence-corrected chi connectivity index (χ4v) is 4.14. The third kappa shape index (κ3) is 4.32. The zero-order valence-corrected chi connectivity index (χ0v) is 17.2. The van der Waals surface area contributed by atoms with Crippen molar-refractivity contribution >= 4 is 22.4 Å². The molecule has 0 bridgehead atoms. The molecule has 0 atom stereocenters. The van der Waals surface area contributed by atoms with Gasteiger partial charge >= 0.3 is 0 Å². The van der Waals surface area contributed by atoms with Gasteiger partial charge in [-0.2, -0.15) is 0 Å². The Bertz CT molecular complexity index is 1010. The molecule has 29 heavy (non-hydrogen) atoms. The van der Waals surface area contributed by atoms with Crippen LogP contribution in [0.2, 0.25) is 0 Å². The average Bonchev–Trinajstić information content (AvgIpc) is 3.34. The van der Waals surface area contributed by atoms with Gasteiger partial charge in [0.05, 0.1) is 5.69 Å². The molecule has 0 saturated heterocycles. The summed E-state index contributed by atoms with van der Waals surface area (Å²) in [6.07, 6.45) is 3.47. The minimum absolute atomic E-state index is 0.0429. The molecule has 3 heterocycles. The number of fused-ring (bicyclic) bond motifs is 1. The lowest BCUT2D eigenvalue weighted by atomic mass is 10.1. The molecule has 1 aliphatic heterocycles. The zero-order valence-electron chi connectivity index (χ0n) is 16.3. The lowest BCUT2D eigenvalue weighted by molar-refractivity contribution is 0.0733. The van der Waals surface area contributed by atoms with Crippen LogP contribution in [-0.2, 0) is 13.1 Å². The molecule has 1 aromatic carbocycles. The van der Waals surface area contributed by atoms with Crippen LogP contribution in [0.4, 0.5) is 5.13 Å². The van der Waals surface area contributed by atoms with Crippen molar-refractivity contribution in [1.82, 2.24) is 14.9 Å². The first-order chi connectivity index (χ1) is 14.1. The number of carbonyl (C=O) groups excluding carboxylic acids is 1. The molecular formula is C21H22N4O3S. The highest BCUT2D eigenvalue weighted by Gasteiger charge is 2.23. The molecule has 2 aromatic heterocycles. The van der Waals surface area contributed by atoms with Gasteiger partial charge in [-0.1, -0.05) is 17.4 Å². The smallest absolute Gasteiger partial charge is 0.266 e. The Hall–Kier alpha value is -3.13. The Morgan fingerprint density at radius 1 is 1.14 bits per heavy atom. The molecule has 3 aromatic rings. The fourth-order valence-electron chi connectivity index (χ4n) is 3.13. The Kier molecular flexibility index (Phi) is 5.62. The molecule has 0 fully saturated rings. The third-order valence-electron chi connectivity index (χ3n) is 4.54. The molecule has 0 radical (unpaired) electrons. The van der Waals surface area contributed by atoms with E-state index in [1.807, 2.05) is 49.1 Å². The van der Waals surface area contributed by atoms with Crippen LogP contribution in [0.25, 0.3) is 0 Å². The number of ether oxygens (including phenoxy) is 2. The number of nitrogens with zero attached hydrogens (tertiary/aromatic N) is 3. The second-order valence-electron chi connectivity index (χ2n) is 6.67. The van der Waals surface area contributed by atoms with E-state index in [4.69, 9.17) is 9.47 Å². The number of aromatic nitrogens is 2. The second kappa shape index (κ2) is 8.48. The summed E-state index contributed by atoms with van der Waals surface area (Å²) < 4.78 is 10.9. The molecule has 0 spiro atoms. The van der Waals surface area contributed by atoms with Gasteiger partial charge in [0.25, 0.3) is 5.91 Å². The van der Waals surface area contributed by atoms with Crippen LogP contribution in [0.1, 0.15) is 33.4 Å². The lowest BCUT2D eigenvalue weighted by Crippen LogP contribution is -2.30. The van der Waals surface area contributed by atoms with Crippen LogP contribution in [0.3, 0.4) is 0 Å². The van der Waals surface area contributed by atoms with Crippen LogP contribution in [0.15, 0.2) is 42.7 Å². The van der Waals surface area contributed by atoms with Crippen molar-refractivity contribution in [3.63, 3.8) is 0 Å². The van der Waals surface area contributed by atoms with Gasteiger partial charge in [-0.05, 0) is 49.2 Å². The molecule has 8 heteroatoms. The van der Waals surface area contributed by atoms with Crippen molar-refractivity contribution in [3.05, 3.63) is 64.4 Å². The van der Waals surface area contributed by atoms with Crippen LogP contribution < -0.4 is 14.8 Å². The minimum Gasteiger partial charge on any atom is -0.454 e. The molecule has 4 rings (SSSR count). The first-order valence-electron chi connectivity index (χ1n) is 9.42. The number of carbonyl (C=O) groups is 1. The first-order valence-corrected chi connectivity index (χ1v) is 10.2. The number of aryl methyl sites for hydroxylation is 1. The van der Waals surface area contributed by atoms with Crippen molar-refractivity contribution in [2.75, 3.05) is 18.7 Å². The Labute approximate surface area is 173 Å². The van der Waals surface area contributed by atoms with Crippen LogP contribution in [-0.4, -0.2) is 34.1 Å². The van der Waals surface area contributed by atoms with Gasteiger partial charge in [-0.15, -0.1) is 0 Å². The summed E-state index contributed by atoms with van der Waals surface area (Å²) in [6.45, 7) is 5.79.